The molecule has 2 aromatic carbocycles. The van der Waals surface area contributed by atoms with Gasteiger partial charge in [-0.15, -0.1) is 0 Å². The maximum atomic E-state index is 13.0. The topological polar surface area (TPSA) is 81.2 Å². The lowest BCUT2D eigenvalue weighted by molar-refractivity contribution is 0.0975. The van der Waals surface area contributed by atoms with Gasteiger partial charge in [0, 0.05) is 23.9 Å². The van der Waals surface area contributed by atoms with Gasteiger partial charge in [-0.25, -0.2) is 4.99 Å². The second-order valence-electron chi connectivity index (χ2n) is 7.78. The number of hydrogen-bond donors (Lipinski definition) is 2. The molecule has 2 N–H and O–H groups in total. The van der Waals surface area contributed by atoms with Crippen LogP contribution in [0.15, 0.2) is 47.5 Å². The van der Waals surface area contributed by atoms with Crippen LogP contribution in [0.1, 0.15) is 48.5 Å². The number of hydrogen-bond acceptors (Lipinski definition) is 5. The Bertz CT molecular complexity index is 899. The van der Waals surface area contributed by atoms with Crippen molar-refractivity contribution in [1.82, 2.24) is 5.32 Å². The average Bonchev–Trinajstić information content (AvgIpc) is 3.31. The Hall–Kier alpha value is -3.06. The highest BCUT2D eigenvalue weighted by Crippen LogP contribution is 2.23. The monoisotopic (exact) mass is 425 g/mol. The van der Waals surface area contributed by atoms with Gasteiger partial charge in [0.05, 0.1) is 26.9 Å². The summed E-state index contributed by atoms with van der Waals surface area (Å²) < 4.78 is 16.2. The predicted molar refractivity (Wildman–Crippen MR) is 122 cm³/mol. The fraction of sp³-hybridized carbons (Fsp3) is 0.417. The Morgan fingerprint density at radius 2 is 1.90 bits per heavy atom. The minimum absolute atomic E-state index is 0.0765. The number of guanidine groups is 1. The second-order valence-corrected chi connectivity index (χ2v) is 7.78. The lowest BCUT2D eigenvalue weighted by Crippen LogP contribution is -2.36. The maximum absolute atomic E-state index is 13.0. The molecule has 0 spiro atoms. The first kappa shape index (κ1) is 22.6. The molecule has 1 saturated heterocycles. The fourth-order valence-corrected chi connectivity index (χ4v) is 3.32. The molecular formula is C24H31N3O4. The van der Waals surface area contributed by atoms with Crippen molar-refractivity contribution in [3.8, 4) is 11.5 Å². The molecule has 0 saturated carbocycles. The van der Waals surface area contributed by atoms with E-state index in [9.17, 15) is 4.79 Å². The summed E-state index contributed by atoms with van der Waals surface area (Å²) in [6, 6.07) is 13.1. The molecule has 31 heavy (non-hydrogen) atoms. The second kappa shape index (κ2) is 10.8. The fourth-order valence-electron chi connectivity index (χ4n) is 3.32. The van der Waals surface area contributed by atoms with Crippen LogP contribution in [0, 0.1) is 0 Å². The minimum atomic E-state index is -0.309. The molecule has 0 bridgehead atoms. The van der Waals surface area contributed by atoms with Crippen LogP contribution in [-0.2, 0) is 4.74 Å². The van der Waals surface area contributed by atoms with Gasteiger partial charge in [-0.3, -0.25) is 10.1 Å². The smallest absolute Gasteiger partial charge is 0.258 e. The van der Waals surface area contributed by atoms with Crippen LogP contribution < -0.4 is 20.1 Å². The summed E-state index contributed by atoms with van der Waals surface area (Å²) in [6.07, 6.45) is 2.09. The summed E-state index contributed by atoms with van der Waals surface area (Å²) in [5.74, 6) is 1.55. The molecule has 166 valence electrons. The SMILES string of the molecule is COc1cc(OC)cc(C(=O)NC(=NC[C@H]2CCCO2)Nc2cccc(C(C)C)c2)c1. The molecule has 2 aromatic rings. The number of carbonyl (C=O) groups excluding carboxylic acids is 1. The molecule has 0 unspecified atom stereocenters. The molecule has 1 atom stereocenters. The molecule has 7 heteroatoms. The zero-order chi connectivity index (χ0) is 22.2. The molecule has 0 aromatic heterocycles. The zero-order valence-electron chi connectivity index (χ0n) is 18.6. The number of nitrogens with zero attached hydrogens (tertiary/aromatic N) is 1. The standard InChI is InChI=1S/C24H31N3O4/c1-16(2)17-7-5-8-19(11-17)26-24(25-15-20-9-6-10-31-20)27-23(28)18-12-21(29-3)14-22(13-18)30-4/h5,7-8,11-14,16,20H,6,9-10,15H2,1-4H3,(H2,25,26,27,28)/t20-/m1/s1. The summed E-state index contributed by atoms with van der Waals surface area (Å²) >= 11 is 0. The first-order chi connectivity index (χ1) is 15.0. The van der Waals surface area contributed by atoms with Gasteiger partial charge in [-0.05, 0) is 48.6 Å². The van der Waals surface area contributed by atoms with E-state index < -0.39 is 0 Å². The molecule has 1 aliphatic heterocycles. The minimum Gasteiger partial charge on any atom is -0.497 e. The average molecular weight is 426 g/mol. The van der Waals surface area contributed by atoms with Crippen LogP contribution in [0.5, 0.6) is 11.5 Å². The number of anilines is 1. The molecule has 1 heterocycles. The first-order valence-corrected chi connectivity index (χ1v) is 10.6. The van der Waals surface area contributed by atoms with E-state index in [0.29, 0.717) is 35.5 Å². The van der Waals surface area contributed by atoms with Crippen molar-refractivity contribution in [3.63, 3.8) is 0 Å². The van der Waals surface area contributed by atoms with Gasteiger partial charge >= 0.3 is 0 Å². The van der Waals surface area contributed by atoms with E-state index in [1.807, 2.05) is 12.1 Å². The number of aliphatic imine (C=N–C) groups is 1. The highest BCUT2D eigenvalue weighted by atomic mass is 16.5. The highest BCUT2D eigenvalue weighted by Gasteiger charge is 2.17. The number of benzene rings is 2. The maximum Gasteiger partial charge on any atom is 0.258 e. The number of carbonyl (C=O) groups is 1. The third-order valence-electron chi connectivity index (χ3n) is 5.14. The highest BCUT2D eigenvalue weighted by molar-refractivity contribution is 6.10. The third kappa shape index (κ3) is 6.46. The Balaban J connectivity index is 1.81. The van der Waals surface area contributed by atoms with E-state index in [1.54, 1.807) is 32.4 Å². The summed E-state index contributed by atoms with van der Waals surface area (Å²) in [5.41, 5.74) is 2.48. The number of rotatable bonds is 7. The normalized spacial score (nSPS) is 16.3. The van der Waals surface area contributed by atoms with E-state index in [2.05, 4.69) is 41.6 Å². The Morgan fingerprint density at radius 1 is 1.16 bits per heavy atom. The number of methoxy groups -OCH3 is 2. The molecule has 3 rings (SSSR count). The molecule has 7 nitrogen and oxygen atoms in total. The summed E-state index contributed by atoms with van der Waals surface area (Å²) in [6.45, 7) is 5.52. The summed E-state index contributed by atoms with van der Waals surface area (Å²) in [5, 5.41) is 6.15. The largest absolute Gasteiger partial charge is 0.497 e. The quantitative estimate of drug-likeness (QED) is 0.513. The van der Waals surface area contributed by atoms with Gasteiger partial charge < -0.3 is 19.5 Å². The van der Waals surface area contributed by atoms with E-state index >= 15 is 0 Å². The molecule has 1 aliphatic rings. The molecular weight excluding hydrogens is 394 g/mol. The lowest BCUT2D eigenvalue weighted by atomic mass is 10.0. The van der Waals surface area contributed by atoms with Gasteiger partial charge in [0.25, 0.3) is 5.91 Å². The Labute approximate surface area is 183 Å². The van der Waals surface area contributed by atoms with Gasteiger partial charge in [0.1, 0.15) is 11.5 Å². The van der Waals surface area contributed by atoms with Crippen LogP contribution in [0.3, 0.4) is 0 Å². The van der Waals surface area contributed by atoms with E-state index in [-0.39, 0.29) is 12.0 Å². The Kier molecular flexibility index (Phi) is 7.89. The van der Waals surface area contributed by atoms with Crippen molar-refractivity contribution in [2.45, 2.75) is 38.7 Å². The van der Waals surface area contributed by atoms with Crippen LogP contribution in [-0.4, -0.2) is 45.3 Å². The summed E-state index contributed by atoms with van der Waals surface area (Å²) in [7, 11) is 3.10. The van der Waals surface area contributed by atoms with Crippen molar-refractivity contribution in [2.75, 3.05) is 32.7 Å². The van der Waals surface area contributed by atoms with Crippen molar-refractivity contribution in [1.29, 1.82) is 0 Å². The Morgan fingerprint density at radius 3 is 2.52 bits per heavy atom. The number of nitrogens with one attached hydrogen (secondary N) is 2. The van der Waals surface area contributed by atoms with Crippen molar-refractivity contribution in [3.05, 3.63) is 53.6 Å². The van der Waals surface area contributed by atoms with Crippen molar-refractivity contribution >= 4 is 17.6 Å². The first-order valence-electron chi connectivity index (χ1n) is 10.6. The van der Waals surface area contributed by atoms with Crippen LogP contribution in [0.2, 0.25) is 0 Å². The molecule has 1 fully saturated rings. The molecule has 0 radical (unpaired) electrons. The van der Waals surface area contributed by atoms with E-state index in [0.717, 1.165) is 25.1 Å². The zero-order valence-corrected chi connectivity index (χ0v) is 18.6. The molecule has 0 aliphatic carbocycles. The van der Waals surface area contributed by atoms with Gasteiger partial charge in [-0.2, -0.15) is 0 Å². The van der Waals surface area contributed by atoms with E-state index in [4.69, 9.17) is 14.2 Å². The van der Waals surface area contributed by atoms with Gasteiger partial charge in [0.15, 0.2) is 0 Å². The van der Waals surface area contributed by atoms with Crippen molar-refractivity contribution in [2.24, 2.45) is 4.99 Å². The van der Waals surface area contributed by atoms with E-state index in [1.165, 1.54) is 5.56 Å². The molecule has 1 amide bonds. The van der Waals surface area contributed by atoms with Crippen LogP contribution in [0.4, 0.5) is 5.69 Å². The summed E-state index contributed by atoms with van der Waals surface area (Å²) in [4.78, 5) is 17.6. The van der Waals surface area contributed by atoms with Crippen LogP contribution in [0.25, 0.3) is 0 Å². The van der Waals surface area contributed by atoms with Gasteiger partial charge in [0.2, 0.25) is 5.96 Å². The predicted octanol–water partition coefficient (Wildman–Crippen LogP) is 4.20. The van der Waals surface area contributed by atoms with Gasteiger partial charge in [-0.1, -0.05) is 26.0 Å². The van der Waals surface area contributed by atoms with Crippen molar-refractivity contribution < 1.29 is 19.0 Å². The number of amides is 1. The van der Waals surface area contributed by atoms with Crippen LogP contribution >= 0.6 is 0 Å². The number of ether oxygens (including phenoxy) is 3. The lowest BCUT2D eigenvalue weighted by Gasteiger charge is -2.15. The third-order valence-corrected chi connectivity index (χ3v) is 5.14.